The lowest BCUT2D eigenvalue weighted by Crippen LogP contribution is -1.75. The molecule has 2 aromatic rings. The van der Waals surface area contributed by atoms with Crippen LogP contribution in [0.25, 0.3) is 10.8 Å². The van der Waals surface area contributed by atoms with Crippen LogP contribution in [0.2, 0.25) is 0 Å². The molecule has 0 aliphatic heterocycles. The van der Waals surface area contributed by atoms with Crippen LogP contribution >= 0.6 is 0 Å². The smallest absolute Gasteiger partial charge is 0.123 e. The van der Waals surface area contributed by atoms with Crippen LogP contribution in [0.15, 0.2) is 36.4 Å². The van der Waals surface area contributed by atoms with E-state index in [-0.39, 0.29) is 0 Å². The molecule has 2 rings (SSSR count). The van der Waals surface area contributed by atoms with Gasteiger partial charge in [-0.1, -0.05) is 24.3 Å². The summed E-state index contributed by atoms with van der Waals surface area (Å²) < 4.78 is 0. The number of benzene rings is 2. The largest absolute Gasteiger partial charge is 0.507 e. The Morgan fingerprint density at radius 2 is 1.92 bits per heavy atom. The zero-order valence-electron chi connectivity index (χ0n) is 6.62. The Labute approximate surface area is 71.3 Å². The summed E-state index contributed by atoms with van der Waals surface area (Å²) in [5, 5.41) is 11.4. The van der Waals surface area contributed by atoms with Gasteiger partial charge < -0.3 is 5.11 Å². The van der Waals surface area contributed by atoms with Crippen LogP contribution in [0.3, 0.4) is 0 Å². The summed E-state index contributed by atoms with van der Waals surface area (Å²) in [6.45, 7) is 3.80. The molecule has 0 aliphatic carbocycles. The van der Waals surface area contributed by atoms with Crippen LogP contribution in [0.4, 0.5) is 0 Å². The van der Waals surface area contributed by atoms with Crippen molar-refractivity contribution in [1.82, 2.24) is 0 Å². The molecule has 0 heterocycles. The molecular weight excluding hydrogens is 148 g/mol. The van der Waals surface area contributed by atoms with Crippen molar-refractivity contribution in [3.05, 3.63) is 48.9 Å². The number of hydrogen-bond donors (Lipinski definition) is 1. The molecule has 12 heavy (non-hydrogen) atoms. The van der Waals surface area contributed by atoms with Gasteiger partial charge in [0.25, 0.3) is 0 Å². The van der Waals surface area contributed by atoms with E-state index >= 15 is 0 Å². The molecule has 0 aromatic heterocycles. The Morgan fingerprint density at radius 3 is 2.75 bits per heavy atom. The van der Waals surface area contributed by atoms with Gasteiger partial charge in [0.15, 0.2) is 0 Å². The first-order chi connectivity index (χ1) is 5.77. The third kappa shape index (κ3) is 1.03. The highest BCUT2D eigenvalue weighted by Gasteiger charge is 1.97. The lowest BCUT2D eigenvalue weighted by molar-refractivity contribution is 0.481. The molecule has 0 aliphatic rings. The Morgan fingerprint density at radius 1 is 1.08 bits per heavy atom. The molecule has 0 fully saturated rings. The van der Waals surface area contributed by atoms with Gasteiger partial charge in [0.05, 0.1) is 0 Å². The SMILES string of the molecule is [CH2]c1ccc2cccc(O)c2c1. The van der Waals surface area contributed by atoms with Gasteiger partial charge in [0.2, 0.25) is 0 Å². The minimum Gasteiger partial charge on any atom is -0.507 e. The molecule has 59 valence electrons. The second-order valence-corrected chi connectivity index (χ2v) is 2.83. The lowest BCUT2D eigenvalue weighted by Gasteiger charge is -2.00. The number of rotatable bonds is 0. The predicted molar refractivity (Wildman–Crippen MR) is 50.1 cm³/mol. The van der Waals surface area contributed by atoms with E-state index in [0.29, 0.717) is 5.75 Å². The first-order valence-corrected chi connectivity index (χ1v) is 3.81. The van der Waals surface area contributed by atoms with Gasteiger partial charge >= 0.3 is 0 Å². The second kappa shape index (κ2) is 2.52. The summed E-state index contributed by atoms with van der Waals surface area (Å²) in [6.07, 6.45) is 0. The van der Waals surface area contributed by atoms with E-state index in [2.05, 4.69) is 6.92 Å². The summed E-state index contributed by atoms with van der Waals surface area (Å²) in [7, 11) is 0. The van der Waals surface area contributed by atoms with Crippen molar-refractivity contribution >= 4 is 10.8 Å². The summed E-state index contributed by atoms with van der Waals surface area (Å²) in [5.74, 6) is 0.318. The molecule has 1 radical (unpaired) electrons. The second-order valence-electron chi connectivity index (χ2n) is 2.83. The number of aromatic hydroxyl groups is 1. The van der Waals surface area contributed by atoms with Crippen molar-refractivity contribution in [2.45, 2.75) is 0 Å². The van der Waals surface area contributed by atoms with Gasteiger partial charge in [-0.05, 0) is 30.0 Å². The first-order valence-electron chi connectivity index (χ1n) is 3.81. The monoisotopic (exact) mass is 157 g/mol. The Balaban J connectivity index is 2.88. The maximum atomic E-state index is 9.47. The van der Waals surface area contributed by atoms with Gasteiger partial charge in [-0.2, -0.15) is 0 Å². The maximum absolute atomic E-state index is 9.47. The van der Waals surface area contributed by atoms with E-state index in [1.165, 1.54) is 0 Å². The summed E-state index contributed by atoms with van der Waals surface area (Å²) >= 11 is 0. The zero-order valence-corrected chi connectivity index (χ0v) is 6.62. The summed E-state index contributed by atoms with van der Waals surface area (Å²) in [5.41, 5.74) is 0.920. The third-order valence-electron chi connectivity index (χ3n) is 1.92. The fourth-order valence-electron chi connectivity index (χ4n) is 1.30. The Hall–Kier alpha value is -1.50. The molecule has 1 nitrogen and oxygen atoms in total. The van der Waals surface area contributed by atoms with Crippen molar-refractivity contribution in [2.24, 2.45) is 0 Å². The normalized spacial score (nSPS) is 10.4. The minimum absolute atomic E-state index is 0.318. The van der Waals surface area contributed by atoms with Crippen molar-refractivity contribution < 1.29 is 5.11 Å². The van der Waals surface area contributed by atoms with Crippen molar-refractivity contribution in [3.63, 3.8) is 0 Å². The molecular formula is C11H9O. The molecule has 0 saturated heterocycles. The highest BCUT2D eigenvalue weighted by molar-refractivity contribution is 5.88. The molecule has 1 N–H and O–H groups in total. The minimum atomic E-state index is 0.318. The topological polar surface area (TPSA) is 20.2 Å². The molecule has 1 heteroatoms. The fraction of sp³-hybridized carbons (Fsp3) is 0. The van der Waals surface area contributed by atoms with Crippen LogP contribution < -0.4 is 0 Å². The highest BCUT2D eigenvalue weighted by atomic mass is 16.3. The quantitative estimate of drug-likeness (QED) is 0.623. The molecule has 0 atom stereocenters. The van der Waals surface area contributed by atoms with Crippen LogP contribution in [-0.2, 0) is 0 Å². The fourth-order valence-corrected chi connectivity index (χ4v) is 1.30. The van der Waals surface area contributed by atoms with Gasteiger partial charge in [0.1, 0.15) is 5.75 Å². The van der Waals surface area contributed by atoms with E-state index in [4.69, 9.17) is 0 Å². The standard InChI is InChI=1S/C11H9O/c1-8-5-6-9-3-2-4-11(12)10(9)7-8/h2-7,12H,1H2. The van der Waals surface area contributed by atoms with Crippen molar-refractivity contribution in [3.8, 4) is 5.75 Å². The molecule has 2 aromatic carbocycles. The molecule has 0 saturated carbocycles. The number of phenols is 1. The van der Waals surface area contributed by atoms with E-state index in [9.17, 15) is 5.11 Å². The number of hydrogen-bond acceptors (Lipinski definition) is 1. The molecule has 0 amide bonds. The van der Waals surface area contributed by atoms with Crippen molar-refractivity contribution in [1.29, 1.82) is 0 Å². The average Bonchev–Trinajstić information content (AvgIpc) is 2.07. The van der Waals surface area contributed by atoms with E-state index in [1.54, 1.807) is 6.07 Å². The van der Waals surface area contributed by atoms with Crippen molar-refractivity contribution in [2.75, 3.05) is 0 Å². The van der Waals surface area contributed by atoms with E-state index < -0.39 is 0 Å². The van der Waals surface area contributed by atoms with E-state index in [0.717, 1.165) is 16.3 Å². The van der Waals surface area contributed by atoms with Gasteiger partial charge in [-0.25, -0.2) is 0 Å². The zero-order chi connectivity index (χ0) is 8.55. The Bertz CT molecular complexity index is 418. The van der Waals surface area contributed by atoms with Gasteiger partial charge in [0, 0.05) is 5.39 Å². The highest BCUT2D eigenvalue weighted by Crippen LogP contribution is 2.24. The maximum Gasteiger partial charge on any atom is 0.123 e. The Kier molecular flexibility index (Phi) is 1.51. The van der Waals surface area contributed by atoms with Crippen LogP contribution in [-0.4, -0.2) is 5.11 Å². The van der Waals surface area contributed by atoms with Crippen LogP contribution in [0.5, 0.6) is 5.75 Å². The number of phenolic OH excluding ortho intramolecular Hbond substituents is 1. The molecule has 0 spiro atoms. The average molecular weight is 157 g/mol. The van der Waals surface area contributed by atoms with Crippen LogP contribution in [0, 0.1) is 6.92 Å². The lowest BCUT2D eigenvalue weighted by atomic mass is 10.1. The first kappa shape index (κ1) is 7.17. The summed E-state index contributed by atoms with van der Waals surface area (Å²) in [6, 6.07) is 11.3. The predicted octanol–water partition coefficient (Wildman–Crippen LogP) is 2.73. The number of fused-ring (bicyclic) bond motifs is 1. The molecule has 0 bridgehead atoms. The van der Waals surface area contributed by atoms with Gasteiger partial charge in [-0.15, -0.1) is 0 Å². The third-order valence-corrected chi connectivity index (χ3v) is 1.92. The summed E-state index contributed by atoms with van der Waals surface area (Å²) in [4.78, 5) is 0. The van der Waals surface area contributed by atoms with Crippen LogP contribution in [0.1, 0.15) is 5.56 Å². The van der Waals surface area contributed by atoms with E-state index in [1.807, 2.05) is 30.3 Å². The van der Waals surface area contributed by atoms with Gasteiger partial charge in [-0.3, -0.25) is 0 Å². The molecule has 0 unspecified atom stereocenters.